The van der Waals surface area contributed by atoms with Crippen LogP contribution >= 0.6 is 11.6 Å². The number of aliphatic hydroxyl groups is 1. The van der Waals surface area contributed by atoms with Crippen molar-refractivity contribution in [3.63, 3.8) is 0 Å². The van der Waals surface area contributed by atoms with E-state index in [1.807, 2.05) is 0 Å². The summed E-state index contributed by atoms with van der Waals surface area (Å²) in [6.45, 7) is -0.659. The minimum atomic E-state index is -0.588. The van der Waals surface area contributed by atoms with E-state index >= 15 is 0 Å². The molecular formula is C11H11ClFNO2. The number of hydrogen-bond donors (Lipinski definition) is 1. The van der Waals surface area contributed by atoms with Crippen LogP contribution in [0.4, 0.5) is 4.39 Å². The summed E-state index contributed by atoms with van der Waals surface area (Å²) in [5, 5.41) is 10.0. The average Bonchev–Trinajstić information content (AvgIpc) is 3.10. The van der Waals surface area contributed by atoms with Crippen molar-refractivity contribution in [3.8, 4) is 5.88 Å². The summed E-state index contributed by atoms with van der Waals surface area (Å²) in [4.78, 5) is 3.93. The van der Waals surface area contributed by atoms with E-state index in [-0.39, 0.29) is 23.3 Å². The van der Waals surface area contributed by atoms with Crippen molar-refractivity contribution in [2.75, 3.05) is 13.3 Å². The molecule has 0 atom stereocenters. The van der Waals surface area contributed by atoms with Gasteiger partial charge in [0.25, 0.3) is 0 Å². The maximum Gasteiger partial charge on any atom is 0.232 e. The molecule has 1 saturated carbocycles. The van der Waals surface area contributed by atoms with E-state index in [1.54, 1.807) is 6.07 Å². The number of nitrogens with zero attached hydrogens (tertiary/aromatic N) is 1. The Balaban J connectivity index is 2.19. The molecule has 1 N–H and O–H groups in total. The molecule has 0 aromatic carbocycles. The van der Waals surface area contributed by atoms with Crippen molar-refractivity contribution < 1.29 is 14.2 Å². The number of aliphatic hydroxyl groups excluding tert-OH is 1. The van der Waals surface area contributed by atoms with Crippen LogP contribution < -0.4 is 4.74 Å². The van der Waals surface area contributed by atoms with Crippen LogP contribution in [-0.2, 0) is 0 Å². The van der Waals surface area contributed by atoms with Gasteiger partial charge in [-0.1, -0.05) is 11.6 Å². The zero-order valence-corrected chi connectivity index (χ0v) is 9.30. The summed E-state index contributed by atoms with van der Waals surface area (Å²) in [5.74, 6) is 0.433. The van der Waals surface area contributed by atoms with E-state index < -0.39 is 6.67 Å². The van der Waals surface area contributed by atoms with Crippen molar-refractivity contribution in [2.45, 2.75) is 12.8 Å². The molecule has 0 unspecified atom stereocenters. The summed E-state index contributed by atoms with van der Waals surface area (Å²) in [5.41, 5.74) is 1.58. The van der Waals surface area contributed by atoms with Crippen molar-refractivity contribution in [1.29, 1.82) is 0 Å². The van der Waals surface area contributed by atoms with Gasteiger partial charge in [-0.25, -0.2) is 9.37 Å². The molecule has 1 aromatic rings. The molecular weight excluding hydrogens is 233 g/mol. The molecule has 86 valence electrons. The highest BCUT2D eigenvalue weighted by Crippen LogP contribution is 2.36. The van der Waals surface area contributed by atoms with Gasteiger partial charge < -0.3 is 9.84 Å². The van der Waals surface area contributed by atoms with E-state index in [1.165, 1.54) is 6.20 Å². The van der Waals surface area contributed by atoms with Gasteiger partial charge in [-0.3, -0.25) is 0 Å². The van der Waals surface area contributed by atoms with Gasteiger partial charge in [-0.2, -0.15) is 0 Å². The maximum absolute atomic E-state index is 11.9. The summed E-state index contributed by atoms with van der Waals surface area (Å²) in [7, 11) is 0. The molecule has 1 fully saturated rings. The van der Waals surface area contributed by atoms with E-state index in [0.717, 1.165) is 18.4 Å². The third-order valence-electron chi connectivity index (χ3n) is 2.23. The summed E-state index contributed by atoms with van der Waals surface area (Å²) in [6.07, 6.45) is 3.31. The highest BCUT2D eigenvalue weighted by molar-refractivity contribution is 6.32. The number of halogens is 2. The van der Waals surface area contributed by atoms with Gasteiger partial charge in [-0.05, 0) is 24.5 Å². The second-order valence-corrected chi connectivity index (χ2v) is 3.91. The number of ether oxygens (including phenoxy) is 1. The second kappa shape index (κ2) is 4.70. The van der Waals surface area contributed by atoms with Gasteiger partial charge in [0.1, 0.15) is 24.1 Å². The Labute approximate surface area is 97.5 Å². The number of aromatic nitrogens is 1. The first kappa shape index (κ1) is 11.2. The van der Waals surface area contributed by atoms with Crippen molar-refractivity contribution in [2.24, 2.45) is 0 Å². The summed E-state index contributed by atoms with van der Waals surface area (Å²) < 4.78 is 16.9. The van der Waals surface area contributed by atoms with Crippen LogP contribution in [0.3, 0.4) is 0 Å². The third kappa shape index (κ3) is 2.44. The van der Waals surface area contributed by atoms with Crippen molar-refractivity contribution in [3.05, 3.63) is 28.4 Å². The molecule has 1 aliphatic carbocycles. The molecule has 0 aliphatic heterocycles. The van der Waals surface area contributed by atoms with Crippen LogP contribution in [0.5, 0.6) is 5.88 Å². The Morgan fingerprint density at radius 2 is 2.31 bits per heavy atom. The van der Waals surface area contributed by atoms with Crippen molar-refractivity contribution >= 4 is 17.4 Å². The number of hydrogen-bond acceptors (Lipinski definition) is 3. The second-order valence-electron chi connectivity index (χ2n) is 3.50. The number of rotatable bonds is 4. The van der Waals surface area contributed by atoms with E-state index in [2.05, 4.69) is 4.98 Å². The Hall–Kier alpha value is -1.29. The Bertz CT molecular complexity index is 428. The van der Waals surface area contributed by atoms with Gasteiger partial charge in [0.2, 0.25) is 5.88 Å². The van der Waals surface area contributed by atoms with Gasteiger partial charge in [0.15, 0.2) is 0 Å². The lowest BCUT2D eigenvalue weighted by Gasteiger charge is -2.06. The molecule has 1 aliphatic rings. The highest BCUT2D eigenvalue weighted by atomic mass is 35.5. The summed E-state index contributed by atoms with van der Waals surface area (Å²) in [6, 6.07) is 1.57. The smallest absolute Gasteiger partial charge is 0.232 e. The number of allylic oxidation sites excluding steroid dienone is 1. The molecule has 1 heterocycles. The van der Waals surface area contributed by atoms with Gasteiger partial charge >= 0.3 is 0 Å². The minimum absolute atomic E-state index is 0.0703. The van der Waals surface area contributed by atoms with Crippen LogP contribution in [0.25, 0.3) is 5.76 Å². The molecule has 16 heavy (non-hydrogen) atoms. The lowest BCUT2D eigenvalue weighted by atomic mass is 10.2. The zero-order chi connectivity index (χ0) is 11.5. The number of alkyl halides is 1. The molecule has 0 bridgehead atoms. The molecule has 1 aromatic heterocycles. The first-order valence-electron chi connectivity index (χ1n) is 4.98. The molecule has 0 saturated heterocycles. The van der Waals surface area contributed by atoms with Crippen LogP contribution in [0.2, 0.25) is 5.02 Å². The largest absolute Gasteiger partial charge is 0.507 e. The SMILES string of the molecule is OC(=C1CC1)c1cnc(OCCF)c(Cl)c1. The van der Waals surface area contributed by atoms with Gasteiger partial charge in [0, 0.05) is 11.8 Å². The maximum atomic E-state index is 11.9. The summed E-state index contributed by atoms with van der Waals surface area (Å²) >= 11 is 5.89. The fraction of sp³-hybridized carbons (Fsp3) is 0.364. The topological polar surface area (TPSA) is 42.4 Å². The van der Waals surface area contributed by atoms with Crippen LogP contribution in [0.1, 0.15) is 18.4 Å². The van der Waals surface area contributed by atoms with E-state index in [9.17, 15) is 9.50 Å². The van der Waals surface area contributed by atoms with Crippen LogP contribution in [0.15, 0.2) is 17.8 Å². The lowest BCUT2D eigenvalue weighted by molar-refractivity contribution is 0.264. The van der Waals surface area contributed by atoms with Gasteiger partial charge in [-0.15, -0.1) is 0 Å². The molecule has 0 amide bonds. The molecule has 2 rings (SSSR count). The first-order valence-corrected chi connectivity index (χ1v) is 5.36. The standard InChI is InChI=1S/C11H11ClFNO2/c12-9-5-8(10(15)7-1-2-7)6-14-11(9)16-4-3-13/h5-6,15H,1-4H2. The molecule has 3 nitrogen and oxygen atoms in total. The van der Waals surface area contributed by atoms with Crippen LogP contribution in [-0.4, -0.2) is 23.4 Å². The lowest BCUT2D eigenvalue weighted by Crippen LogP contribution is -2.01. The minimum Gasteiger partial charge on any atom is -0.507 e. The van der Waals surface area contributed by atoms with Crippen molar-refractivity contribution in [1.82, 2.24) is 4.98 Å². The quantitative estimate of drug-likeness (QED) is 0.826. The Morgan fingerprint density at radius 3 is 2.88 bits per heavy atom. The predicted molar refractivity (Wildman–Crippen MR) is 59.5 cm³/mol. The predicted octanol–water partition coefficient (Wildman–Crippen LogP) is 3.15. The normalized spacial score (nSPS) is 13.8. The average molecular weight is 244 g/mol. The zero-order valence-electron chi connectivity index (χ0n) is 8.54. The Kier molecular flexibility index (Phi) is 3.29. The molecule has 5 heteroatoms. The van der Waals surface area contributed by atoms with E-state index in [4.69, 9.17) is 16.3 Å². The fourth-order valence-corrected chi connectivity index (χ4v) is 1.52. The van der Waals surface area contributed by atoms with E-state index in [0.29, 0.717) is 5.56 Å². The van der Waals surface area contributed by atoms with Gasteiger partial charge in [0.05, 0.1) is 0 Å². The third-order valence-corrected chi connectivity index (χ3v) is 2.50. The monoisotopic (exact) mass is 243 g/mol. The Morgan fingerprint density at radius 1 is 1.56 bits per heavy atom. The number of pyridine rings is 1. The first-order chi connectivity index (χ1) is 7.72. The molecule has 0 radical (unpaired) electrons. The fourth-order valence-electron chi connectivity index (χ4n) is 1.30. The molecule has 0 spiro atoms. The van der Waals surface area contributed by atoms with Crippen LogP contribution in [0, 0.1) is 0 Å². The highest BCUT2D eigenvalue weighted by Gasteiger charge is 2.19.